The molecule has 0 aliphatic heterocycles. The van der Waals surface area contributed by atoms with Crippen LogP contribution in [0.2, 0.25) is 0 Å². The molecule has 7 heteroatoms. The molecule has 0 spiro atoms. The largest absolute Gasteiger partial charge is 0.347 e. The highest BCUT2D eigenvalue weighted by Gasteiger charge is 2.20. The van der Waals surface area contributed by atoms with Crippen molar-refractivity contribution in [2.45, 2.75) is 26.8 Å². The van der Waals surface area contributed by atoms with E-state index in [4.69, 9.17) is 0 Å². The van der Waals surface area contributed by atoms with Gasteiger partial charge in [-0.3, -0.25) is 4.79 Å². The van der Waals surface area contributed by atoms with Crippen molar-refractivity contribution in [3.8, 4) is 10.0 Å². The lowest BCUT2D eigenvalue weighted by atomic mass is 10.1. The quantitative estimate of drug-likeness (QED) is 0.688. The SMILES string of the molecule is CC(C)Cc1nc(-c2nccs2)sc1C(=O)NCc1ccc(F)cc1. The Kier molecular flexibility index (Phi) is 5.55. The number of amides is 1. The zero-order valence-corrected chi connectivity index (χ0v) is 15.6. The molecule has 1 aromatic carbocycles. The molecule has 3 aromatic rings. The minimum absolute atomic E-state index is 0.153. The van der Waals surface area contributed by atoms with Gasteiger partial charge in [-0.05, 0) is 30.0 Å². The van der Waals surface area contributed by atoms with E-state index >= 15 is 0 Å². The Morgan fingerprint density at radius 3 is 2.64 bits per heavy atom. The number of aromatic nitrogens is 2. The van der Waals surface area contributed by atoms with Crippen LogP contribution in [0.5, 0.6) is 0 Å². The third-order valence-electron chi connectivity index (χ3n) is 3.49. The van der Waals surface area contributed by atoms with Gasteiger partial charge in [0.15, 0.2) is 10.0 Å². The van der Waals surface area contributed by atoms with E-state index < -0.39 is 0 Å². The van der Waals surface area contributed by atoms with Crippen molar-refractivity contribution >= 4 is 28.6 Å². The van der Waals surface area contributed by atoms with Crippen molar-refractivity contribution in [1.29, 1.82) is 0 Å². The average Bonchev–Trinajstić information content (AvgIpc) is 3.23. The van der Waals surface area contributed by atoms with Crippen molar-refractivity contribution in [2.24, 2.45) is 5.92 Å². The smallest absolute Gasteiger partial charge is 0.263 e. The van der Waals surface area contributed by atoms with Gasteiger partial charge in [0.25, 0.3) is 5.91 Å². The number of rotatable bonds is 6. The van der Waals surface area contributed by atoms with E-state index in [0.29, 0.717) is 17.3 Å². The second-order valence-electron chi connectivity index (χ2n) is 6.04. The Hall–Kier alpha value is -2.12. The zero-order valence-electron chi connectivity index (χ0n) is 14.0. The summed E-state index contributed by atoms with van der Waals surface area (Å²) in [5.74, 6) is -0.0417. The van der Waals surface area contributed by atoms with E-state index in [9.17, 15) is 9.18 Å². The summed E-state index contributed by atoms with van der Waals surface area (Å²) in [6.07, 6.45) is 2.47. The van der Waals surface area contributed by atoms with Gasteiger partial charge in [-0.2, -0.15) is 0 Å². The molecule has 3 rings (SSSR count). The van der Waals surface area contributed by atoms with Crippen molar-refractivity contribution in [2.75, 3.05) is 0 Å². The molecular formula is C18H18FN3OS2. The number of carbonyl (C=O) groups is 1. The molecule has 0 saturated carbocycles. The molecule has 2 heterocycles. The summed E-state index contributed by atoms with van der Waals surface area (Å²) in [6, 6.07) is 6.11. The van der Waals surface area contributed by atoms with Crippen LogP contribution >= 0.6 is 22.7 Å². The van der Waals surface area contributed by atoms with Crippen molar-refractivity contribution in [1.82, 2.24) is 15.3 Å². The predicted octanol–water partition coefficient (Wildman–Crippen LogP) is 4.53. The fourth-order valence-corrected chi connectivity index (χ4v) is 4.03. The van der Waals surface area contributed by atoms with Crippen molar-refractivity contribution in [3.63, 3.8) is 0 Å². The summed E-state index contributed by atoms with van der Waals surface area (Å²) in [5, 5.41) is 6.40. The van der Waals surface area contributed by atoms with E-state index in [1.165, 1.54) is 34.8 Å². The molecule has 0 bridgehead atoms. The zero-order chi connectivity index (χ0) is 17.8. The van der Waals surface area contributed by atoms with Crippen LogP contribution in [-0.4, -0.2) is 15.9 Å². The number of nitrogens with one attached hydrogen (secondary N) is 1. The normalized spacial score (nSPS) is 11.0. The van der Waals surface area contributed by atoms with Gasteiger partial charge in [0, 0.05) is 18.1 Å². The van der Waals surface area contributed by atoms with Crippen molar-refractivity contribution in [3.05, 3.63) is 57.8 Å². The third-order valence-corrected chi connectivity index (χ3v) is 5.50. The molecule has 130 valence electrons. The summed E-state index contributed by atoms with van der Waals surface area (Å²) in [6.45, 7) is 4.55. The number of hydrogen-bond acceptors (Lipinski definition) is 5. The fraction of sp³-hybridized carbons (Fsp3) is 0.278. The highest BCUT2D eigenvalue weighted by Crippen LogP contribution is 2.30. The minimum atomic E-state index is -0.287. The summed E-state index contributed by atoms with van der Waals surface area (Å²) in [7, 11) is 0. The van der Waals surface area contributed by atoms with Crippen LogP contribution in [-0.2, 0) is 13.0 Å². The summed E-state index contributed by atoms with van der Waals surface area (Å²) in [5.41, 5.74) is 1.66. The lowest BCUT2D eigenvalue weighted by Gasteiger charge is -2.07. The van der Waals surface area contributed by atoms with Crippen LogP contribution in [0.3, 0.4) is 0 Å². The standard InChI is InChI=1S/C18H18FN3OS2/c1-11(2)9-14-15(25-18(22-14)17-20-7-8-24-17)16(23)21-10-12-3-5-13(19)6-4-12/h3-8,11H,9-10H2,1-2H3,(H,21,23). The van der Waals surface area contributed by atoms with Gasteiger partial charge in [0.05, 0.1) is 5.69 Å². The number of thiazole rings is 2. The number of halogens is 1. The molecule has 0 unspecified atom stereocenters. The van der Waals surface area contributed by atoms with Gasteiger partial charge in [0.2, 0.25) is 0 Å². The maximum absolute atomic E-state index is 13.0. The molecule has 0 atom stereocenters. The summed E-state index contributed by atoms with van der Waals surface area (Å²) < 4.78 is 13.0. The van der Waals surface area contributed by atoms with Gasteiger partial charge < -0.3 is 5.32 Å². The lowest BCUT2D eigenvalue weighted by Crippen LogP contribution is -2.23. The van der Waals surface area contributed by atoms with Gasteiger partial charge in [-0.1, -0.05) is 26.0 Å². The Labute approximate surface area is 153 Å². The predicted molar refractivity (Wildman–Crippen MR) is 99.3 cm³/mol. The summed E-state index contributed by atoms with van der Waals surface area (Å²) >= 11 is 2.88. The molecule has 0 saturated heterocycles. The molecule has 1 amide bonds. The molecule has 0 radical (unpaired) electrons. The second kappa shape index (κ2) is 7.84. The fourth-order valence-electron chi connectivity index (χ4n) is 2.34. The van der Waals surface area contributed by atoms with Gasteiger partial charge >= 0.3 is 0 Å². The van der Waals surface area contributed by atoms with Gasteiger partial charge in [-0.15, -0.1) is 22.7 Å². The van der Waals surface area contributed by atoms with Crippen LogP contribution in [0.1, 0.15) is 34.8 Å². The number of hydrogen-bond donors (Lipinski definition) is 1. The Bertz CT molecular complexity index is 842. The number of carbonyl (C=O) groups excluding carboxylic acids is 1. The first-order valence-corrected chi connectivity index (χ1v) is 9.64. The first kappa shape index (κ1) is 17.7. The van der Waals surface area contributed by atoms with E-state index in [1.54, 1.807) is 18.3 Å². The van der Waals surface area contributed by atoms with Crippen LogP contribution < -0.4 is 5.32 Å². The van der Waals surface area contributed by atoms with E-state index in [2.05, 4.69) is 29.1 Å². The van der Waals surface area contributed by atoms with Crippen LogP contribution in [0.15, 0.2) is 35.8 Å². The highest BCUT2D eigenvalue weighted by molar-refractivity contribution is 7.21. The molecule has 0 aliphatic carbocycles. The first-order chi connectivity index (χ1) is 12.0. The average molecular weight is 375 g/mol. The van der Waals surface area contributed by atoms with Gasteiger partial charge in [-0.25, -0.2) is 14.4 Å². The summed E-state index contributed by atoms with van der Waals surface area (Å²) in [4.78, 5) is 22.2. The Morgan fingerprint density at radius 2 is 2.00 bits per heavy atom. The van der Waals surface area contributed by atoms with Gasteiger partial charge in [0.1, 0.15) is 10.7 Å². The maximum atomic E-state index is 13.0. The monoisotopic (exact) mass is 375 g/mol. The molecular weight excluding hydrogens is 357 g/mol. The minimum Gasteiger partial charge on any atom is -0.347 e. The van der Waals surface area contributed by atoms with Crippen LogP contribution in [0.25, 0.3) is 10.0 Å². The number of benzene rings is 1. The maximum Gasteiger partial charge on any atom is 0.263 e. The second-order valence-corrected chi connectivity index (χ2v) is 7.93. The van der Waals surface area contributed by atoms with Crippen LogP contribution in [0, 0.1) is 11.7 Å². The Balaban J connectivity index is 1.78. The molecule has 4 nitrogen and oxygen atoms in total. The lowest BCUT2D eigenvalue weighted by molar-refractivity contribution is 0.0953. The molecule has 0 aliphatic rings. The molecule has 1 N–H and O–H groups in total. The molecule has 25 heavy (non-hydrogen) atoms. The third kappa shape index (κ3) is 4.49. The topological polar surface area (TPSA) is 54.9 Å². The van der Waals surface area contributed by atoms with Crippen LogP contribution in [0.4, 0.5) is 4.39 Å². The van der Waals surface area contributed by atoms with E-state index in [0.717, 1.165) is 27.7 Å². The van der Waals surface area contributed by atoms with Crippen molar-refractivity contribution < 1.29 is 9.18 Å². The number of nitrogens with zero attached hydrogens (tertiary/aromatic N) is 2. The highest BCUT2D eigenvalue weighted by atomic mass is 32.1. The van der Waals surface area contributed by atoms with E-state index in [1.807, 2.05) is 5.38 Å². The molecule has 0 fully saturated rings. The Morgan fingerprint density at radius 1 is 1.24 bits per heavy atom. The van der Waals surface area contributed by atoms with E-state index in [-0.39, 0.29) is 11.7 Å². The first-order valence-electron chi connectivity index (χ1n) is 7.95. The molecule has 2 aromatic heterocycles.